The van der Waals surface area contributed by atoms with Gasteiger partial charge in [0, 0.05) is 10.6 Å². The van der Waals surface area contributed by atoms with E-state index in [0.717, 1.165) is 55.5 Å². The zero-order chi connectivity index (χ0) is 21.0. The van der Waals surface area contributed by atoms with Crippen molar-refractivity contribution in [1.29, 1.82) is 0 Å². The molecule has 0 bridgehead atoms. The van der Waals surface area contributed by atoms with Gasteiger partial charge in [-0.2, -0.15) is 0 Å². The number of hydrogen-bond donors (Lipinski definition) is 3. The molecule has 2 amide bonds. The predicted molar refractivity (Wildman–Crippen MR) is 117 cm³/mol. The van der Waals surface area contributed by atoms with Gasteiger partial charge in [0.15, 0.2) is 9.92 Å². The largest absolute Gasteiger partial charge is 0.385 e. The van der Waals surface area contributed by atoms with Gasteiger partial charge in [0.2, 0.25) is 0 Å². The number of thiophene rings is 1. The molecule has 4 rings (SSSR count). The van der Waals surface area contributed by atoms with E-state index in [9.17, 15) is 14.1 Å². The Hall–Kier alpha value is -1.74. The van der Waals surface area contributed by atoms with Crippen molar-refractivity contribution in [2.24, 2.45) is 9.50 Å². The Morgan fingerprint density at radius 2 is 1.76 bits per heavy atom. The number of carbonyl (C=O) groups is 1. The zero-order valence-corrected chi connectivity index (χ0v) is 18.6. The van der Waals surface area contributed by atoms with Gasteiger partial charge in [-0.15, -0.1) is 15.7 Å². The Bertz CT molecular complexity index is 1090. The number of benzene rings is 1. The van der Waals surface area contributed by atoms with Crippen LogP contribution in [0.5, 0.6) is 0 Å². The fourth-order valence-electron chi connectivity index (χ4n) is 4.32. The zero-order valence-electron chi connectivity index (χ0n) is 17.0. The third-order valence-corrected chi connectivity index (χ3v) is 9.27. The van der Waals surface area contributed by atoms with E-state index in [4.69, 9.17) is 5.14 Å². The number of nitrogens with two attached hydrogens (primary N) is 1. The van der Waals surface area contributed by atoms with Crippen molar-refractivity contribution in [3.63, 3.8) is 0 Å². The summed E-state index contributed by atoms with van der Waals surface area (Å²) in [5.74, 6) is 0. The fourth-order valence-corrected chi connectivity index (χ4v) is 6.98. The number of nitrogens with zero attached hydrogens (tertiary/aromatic N) is 1. The average Bonchev–Trinajstić information content (AvgIpc) is 3.31. The summed E-state index contributed by atoms with van der Waals surface area (Å²) in [7, 11) is -3.41. The molecule has 0 saturated carbocycles. The van der Waals surface area contributed by atoms with Gasteiger partial charge in [0.05, 0.1) is 5.60 Å². The molecule has 29 heavy (non-hydrogen) atoms. The van der Waals surface area contributed by atoms with E-state index in [-0.39, 0.29) is 0 Å². The van der Waals surface area contributed by atoms with Crippen molar-refractivity contribution in [1.82, 2.24) is 0 Å². The number of carbonyl (C=O) groups excluding carboxylic acids is 1. The minimum absolute atomic E-state index is 0.327. The van der Waals surface area contributed by atoms with Crippen molar-refractivity contribution < 1.29 is 14.1 Å². The van der Waals surface area contributed by atoms with Crippen LogP contribution in [0.4, 0.5) is 10.5 Å². The summed E-state index contributed by atoms with van der Waals surface area (Å²) in [5, 5.41) is 19.1. The van der Waals surface area contributed by atoms with Gasteiger partial charge in [-0.05, 0) is 93.2 Å². The number of nitrogens with one attached hydrogen (secondary N) is 1. The van der Waals surface area contributed by atoms with Crippen LogP contribution in [0.2, 0.25) is 0 Å². The first-order valence-corrected chi connectivity index (χ1v) is 12.3. The Balaban J connectivity index is 1.68. The van der Waals surface area contributed by atoms with Crippen molar-refractivity contribution >= 4 is 33.0 Å². The van der Waals surface area contributed by atoms with Crippen LogP contribution in [0, 0.1) is 6.92 Å². The normalized spacial score (nSPS) is 17.6. The molecule has 156 valence electrons. The Kier molecular flexibility index (Phi) is 5.09. The predicted octanol–water partition coefficient (Wildman–Crippen LogP) is 4.19. The minimum Gasteiger partial charge on any atom is -0.385 e. The van der Waals surface area contributed by atoms with Gasteiger partial charge >= 0.3 is 6.03 Å². The Morgan fingerprint density at radius 3 is 2.28 bits per heavy atom. The van der Waals surface area contributed by atoms with Crippen LogP contribution in [-0.2, 0) is 41.2 Å². The first kappa shape index (κ1) is 20.5. The van der Waals surface area contributed by atoms with E-state index in [0.29, 0.717) is 14.6 Å². The van der Waals surface area contributed by atoms with Crippen LogP contribution in [0.1, 0.15) is 59.4 Å². The number of anilines is 1. The molecule has 4 N–H and O–H groups in total. The van der Waals surface area contributed by atoms with Crippen LogP contribution < -0.4 is 10.5 Å². The molecule has 0 saturated heterocycles. The van der Waals surface area contributed by atoms with Crippen LogP contribution >= 0.6 is 11.3 Å². The van der Waals surface area contributed by atoms with Gasteiger partial charge in [-0.3, -0.25) is 0 Å². The quantitative estimate of drug-likeness (QED) is 0.676. The van der Waals surface area contributed by atoms with Crippen molar-refractivity contribution in [2.45, 2.75) is 69.1 Å². The highest BCUT2D eigenvalue weighted by Crippen LogP contribution is 2.39. The van der Waals surface area contributed by atoms with E-state index < -0.39 is 21.5 Å². The molecule has 0 aliphatic heterocycles. The molecule has 2 aliphatic rings. The topological polar surface area (TPSA) is 105 Å². The molecule has 1 aromatic carbocycles. The van der Waals surface area contributed by atoms with Gasteiger partial charge in [-0.1, -0.05) is 6.07 Å². The molecule has 6 nitrogen and oxygen atoms in total. The molecule has 1 aromatic heterocycles. The number of urea groups is 1. The lowest BCUT2D eigenvalue weighted by Crippen LogP contribution is -2.18. The molecule has 2 aliphatic carbocycles. The smallest absolute Gasteiger partial charge is 0.354 e. The maximum absolute atomic E-state index is 13.1. The third kappa shape index (κ3) is 3.86. The second-order valence-electron chi connectivity index (χ2n) is 8.46. The SMILES string of the molecule is Cc1cc(C(C)(C)O)sc1[S@@](N)(=O)=NC(=O)Nc1c2c(cc3c1CCC3)CCC2. The number of rotatable bonds is 3. The molecule has 0 spiro atoms. The summed E-state index contributed by atoms with van der Waals surface area (Å²) < 4.78 is 17.3. The first-order valence-electron chi connectivity index (χ1n) is 9.92. The summed E-state index contributed by atoms with van der Waals surface area (Å²) in [5.41, 5.74) is 5.44. The molecule has 0 fully saturated rings. The number of hydrogen-bond acceptors (Lipinski definition) is 4. The van der Waals surface area contributed by atoms with Crippen LogP contribution in [0.3, 0.4) is 0 Å². The number of fused-ring (bicyclic) bond motifs is 2. The highest BCUT2D eigenvalue weighted by molar-refractivity contribution is 7.93. The molecular formula is C21H27N3O3S2. The van der Waals surface area contributed by atoms with Crippen LogP contribution in [0.15, 0.2) is 20.7 Å². The molecule has 2 aromatic rings. The van der Waals surface area contributed by atoms with Crippen LogP contribution in [-0.4, -0.2) is 15.3 Å². The summed E-state index contributed by atoms with van der Waals surface area (Å²) in [6.07, 6.45) is 6.11. The molecule has 0 unspecified atom stereocenters. The molecular weight excluding hydrogens is 406 g/mol. The van der Waals surface area contributed by atoms with E-state index in [2.05, 4.69) is 15.7 Å². The van der Waals surface area contributed by atoms with Gasteiger partial charge in [0.25, 0.3) is 0 Å². The molecule has 8 heteroatoms. The summed E-state index contributed by atoms with van der Waals surface area (Å²) in [6.45, 7) is 5.07. The summed E-state index contributed by atoms with van der Waals surface area (Å²) >= 11 is 1.14. The molecule has 1 heterocycles. The van der Waals surface area contributed by atoms with Crippen molar-refractivity contribution in [3.8, 4) is 0 Å². The molecule has 1 atom stereocenters. The standard InChI is InChI=1S/C21H27N3O3S2/c1-12-10-17(21(2,3)26)28-19(12)29(22,27)24-20(25)23-18-15-8-4-6-13(15)11-14-7-5-9-16(14)18/h10-11,26H,4-9H2,1-3H3,(H3,22,23,24,25,27)/t29-/m0/s1. The van der Waals surface area contributed by atoms with E-state index in [1.54, 1.807) is 26.8 Å². The number of aliphatic hydroxyl groups is 1. The fraction of sp³-hybridized carbons (Fsp3) is 0.476. The Labute approximate surface area is 175 Å². The monoisotopic (exact) mass is 433 g/mol. The van der Waals surface area contributed by atoms with E-state index in [1.165, 1.54) is 22.3 Å². The highest BCUT2D eigenvalue weighted by atomic mass is 32.2. The summed E-state index contributed by atoms with van der Waals surface area (Å²) in [4.78, 5) is 13.4. The first-order chi connectivity index (χ1) is 13.6. The maximum atomic E-state index is 13.1. The van der Waals surface area contributed by atoms with Crippen molar-refractivity contribution in [2.75, 3.05) is 5.32 Å². The number of amides is 2. The van der Waals surface area contributed by atoms with Gasteiger partial charge in [0.1, 0.15) is 4.21 Å². The lowest BCUT2D eigenvalue weighted by molar-refractivity contribution is 0.0825. The second kappa shape index (κ2) is 7.19. The lowest BCUT2D eigenvalue weighted by atomic mass is 9.99. The lowest BCUT2D eigenvalue weighted by Gasteiger charge is -2.15. The Morgan fingerprint density at radius 1 is 1.17 bits per heavy atom. The molecule has 0 radical (unpaired) electrons. The van der Waals surface area contributed by atoms with E-state index >= 15 is 0 Å². The van der Waals surface area contributed by atoms with Gasteiger partial charge in [-0.25, -0.2) is 14.1 Å². The second-order valence-corrected chi connectivity index (χ2v) is 11.5. The third-order valence-electron chi connectivity index (χ3n) is 5.66. The van der Waals surface area contributed by atoms with Crippen molar-refractivity contribution in [3.05, 3.63) is 44.8 Å². The summed E-state index contributed by atoms with van der Waals surface area (Å²) in [6, 6.07) is 3.36. The number of aryl methyl sites for hydroxylation is 3. The highest BCUT2D eigenvalue weighted by Gasteiger charge is 2.27. The van der Waals surface area contributed by atoms with Gasteiger partial charge < -0.3 is 10.4 Å². The van der Waals surface area contributed by atoms with Crippen LogP contribution in [0.25, 0.3) is 0 Å². The van der Waals surface area contributed by atoms with E-state index in [1.807, 2.05) is 0 Å². The average molecular weight is 434 g/mol. The maximum Gasteiger partial charge on any atom is 0.354 e. The minimum atomic E-state index is -3.41.